The van der Waals surface area contributed by atoms with Gasteiger partial charge in [-0.3, -0.25) is 4.79 Å². The molecule has 0 radical (unpaired) electrons. The van der Waals surface area contributed by atoms with Crippen molar-refractivity contribution in [1.29, 1.82) is 0 Å². The van der Waals surface area contributed by atoms with Crippen molar-refractivity contribution in [2.45, 2.75) is 30.8 Å². The number of anilines is 2. The SMILES string of the molecule is CCCCN1C(c2ccco2)=NS(=O)(=O)c2cc(NC(=O)c3ccc(C(F)(F)F)cc3)ccc21. The number of hydrogen-bond donors (Lipinski definition) is 1. The van der Waals surface area contributed by atoms with Crippen molar-refractivity contribution in [2.24, 2.45) is 4.40 Å². The molecule has 0 fully saturated rings. The van der Waals surface area contributed by atoms with Crippen molar-refractivity contribution in [3.05, 3.63) is 77.7 Å². The molecule has 0 saturated heterocycles. The number of furan rings is 1. The summed E-state index contributed by atoms with van der Waals surface area (Å²) in [6.45, 7) is 2.50. The normalized spacial score (nSPS) is 14.9. The first kappa shape index (κ1) is 23.6. The predicted molar refractivity (Wildman–Crippen MR) is 121 cm³/mol. The largest absolute Gasteiger partial charge is 0.461 e. The number of nitrogens with zero attached hydrogens (tertiary/aromatic N) is 2. The van der Waals surface area contributed by atoms with Crippen molar-refractivity contribution >= 4 is 33.1 Å². The van der Waals surface area contributed by atoms with E-state index in [2.05, 4.69) is 9.71 Å². The minimum absolute atomic E-state index is 0.00345. The molecule has 4 rings (SSSR count). The Bertz CT molecular complexity index is 1330. The van der Waals surface area contributed by atoms with Crippen LogP contribution in [0.2, 0.25) is 0 Å². The molecule has 0 aliphatic carbocycles. The molecule has 1 aromatic heterocycles. The van der Waals surface area contributed by atoms with Crippen LogP contribution in [-0.2, 0) is 16.2 Å². The number of amidine groups is 1. The second-order valence-electron chi connectivity index (χ2n) is 7.58. The minimum Gasteiger partial charge on any atom is -0.461 e. The van der Waals surface area contributed by atoms with Crippen LogP contribution in [0.25, 0.3) is 0 Å². The first-order valence-corrected chi connectivity index (χ1v) is 11.8. The average Bonchev–Trinajstić information content (AvgIpc) is 3.33. The summed E-state index contributed by atoms with van der Waals surface area (Å²) < 4.78 is 73.5. The van der Waals surface area contributed by atoms with E-state index in [0.717, 1.165) is 37.1 Å². The van der Waals surface area contributed by atoms with E-state index >= 15 is 0 Å². The number of hydrogen-bond acceptors (Lipinski definition) is 5. The molecular formula is C23H20F3N3O4S. The first-order valence-electron chi connectivity index (χ1n) is 10.4. The van der Waals surface area contributed by atoms with Crippen molar-refractivity contribution in [1.82, 2.24) is 0 Å². The number of unbranched alkanes of at least 4 members (excludes halogenated alkanes) is 1. The Morgan fingerprint density at radius 3 is 2.47 bits per heavy atom. The van der Waals surface area contributed by atoms with Crippen molar-refractivity contribution in [3.8, 4) is 0 Å². The molecule has 2 heterocycles. The van der Waals surface area contributed by atoms with Crippen LogP contribution in [0.1, 0.15) is 41.4 Å². The van der Waals surface area contributed by atoms with Gasteiger partial charge in [0, 0.05) is 17.8 Å². The van der Waals surface area contributed by atoms with Gasteiger partial charge in [-0.2, -0.15) is 21.6 Å². The summed E-state index contributed by atoms with van der Waals surface area (Å²) in [6, 6.07) is 11.4. The molecule has 0 bridgehead atoms. The fourth-order valence-electron chi connectivity index (χ4n) is 3.49. The molecule has 11 heteroatoms. The zero-order chi connectivity index (χ0) is 24.5. The van der Waals surface area contributed by atoms with E-state index < -0.39 is 27.7 Å². The number of rotatable bonds is 6. The van der Waals surface area contributed by atoms with E-state index in [1.54, 1.807) is 23.1 Å². The summed E-state index contributed by atoms with van der Waals surface area (Å²) in [4.78, 5) is 14.2. The number of sulfonamides is 1. The maximum absolute atomic E-state index is 13.0. The lowest BCUT2D eigenvalue weighted by atomic mass is 10.1. The zero-order valence-corrected chi connectivity index (χ0v) is 18.8. The molecule has 0 unspecified atom stereocenters. The highest BCUT2D eigenvalue weighted by molar-refractivity contribution is 7.90. The molecule has 0 saturated carbocycles. The fraction of sp³-hybridized carbons (Fsp3) is 0.217. The van der Waals surface area contributed by atoms with Gasteiger partial charge < -0.3 is 14.6 Å². The number of carbonyl (C=O) groups is 1. The number of amides is 1. The lowest BCUT2D eigenvalue weighted by Crippen LogP contribution is -2.37. The number of benzene rings is 2. The number of fused-ring (bicyclic) bond motifs is 1. The van der Waals surface area contributed by atoms with Gasteiger partial charge in [0.15, 0.2) is 11.6 Å². The Morgan fingerprint density at radius 1 is 1.12 bits per heavy atom. The van der Waals surface area contributed by atoms with Crippen LogP contribution >= 0.6 is 0 Å². The van der Waals surface area contributed by atoms with Gasteiger partial charge >= 0.3 is 6.18 Å². The Kier molecular flexibility index (Phi) is 6.22. The number of carbonyl (C=O) groups excluding carboxylic acids is 1. The smallest absolute Gasteiger partial charge is 0.416 e. The summed E-state index contributed by atoms with van der Waals surface area (Å²) in [7, 11) is -4.11. The highest BCUT2D eigenvalue weighted by Gasteiger charge is 2.33. The topological polar surface area (TPSA) is 92.0 Å². The quantitative estimate of drug-likeness (QED) is 0.505. The second kappa shape index (κ2) is 8.98. The van der Waals surface area contributed by atoms with Gasteiger partial charge in [0.05, 0.1) is 17.5 Å². The molecular weight excluding hydrogens is 471 g/mol. The third-order valence-corrected chi connectivity index (χ3v) is 6.50. The van der Waals surface area contributed by atoms with E-state index in [1.807, 2.05) is 6.92 Å². The molecule has 178 valence electrons. The van der Waals surface area contributed by atoms with Crippen molar-refractivity contribution in [2.75, 3.05) is 16.8 Å². The van der Waals surface area contributed by atoms with Crippen LogP contribution in [0.3, 0.4) is 0 Å². The van der Waals surface area contributed by atoms with Gasteiger partial charge in [0.25, 0.3) is 15.9 Å². The van der Waals surface area contributed by atoms with E-state index in [1.165, 1.54) is 18.4 Å². The number of alkyl halides is 3. The van der Waals surface area contributed by atoms with Crippen LogP contribution in [0.4, 0.5) is 24.5 Å². The highest BCUT2D eigenvalue weighted by Crippen LogP contribution is 2.36. The molecule has 3 aromatic rings. The summed E-state index contributed by atoms with van der Waals surface area (Å²) in [5.74, 6) is -0.193. The number of nitrogens with one attached hydrogen (secondary N) is 1. The van der Waals surface area contributed by atoms with Gasteiger partial charge in [0.2, 0.25) is 0 Å². The highest BCUT2D eigenvalue weighted by atomic mass is 32.2. The molecule has 34 heavy (non-hydrogen) atoms. The van der Waals surface area contributed by atoms with Crippen LogP contribution < -0.4 is 10.2 Å². The molecule has 1 aliphatic rings. The van der Waals surface area contributed by atoms with E-state index in [9.17, 15) is 26.4 Å². The Morgan fingerprint density at radius 2 is 1.85 bits per heavy atom. The molecule has 1 N–H and O–H groups in total. The van der Waals surface area contributed by atoms with E-state index in [0.29, 0.717) is 18.0 Å². The van der Waals surface area contributed by atoms with E-state index in [4.69, 9.17) is 4.42 Å². The van der Waals surface area contributed by atoms with Gasteiger partial charge in [-0.05, 0) is 61.0 Å². The third-order valence-electron chi connectivity index (χ3n) is 5.20. The average molecular weight is 491 g/mol. The maximum Gasteiger partial charge on any atom is 0.416 e. The first-order chi connectivity index (χ1) is 16.1. The van der Waals surface area contributed by atoms with Crippen molar-refractivity contribution in [3.63, 3.8) is 0 Å². The summed E-state index contributed by atoms with van der Waals surface area (Å²) in [6.07, 6.45) is -1.45. The van der Waals surface area contributed by atoms with Gasteiger partial charge in [-0.25, -0.2) is 0 Å². The summed E-state index contributed by atoms with van der Waals surface area (Å²) >= 11 is 0. The third kappa shape index (κ3) is 4.69. The molecule has 1 aliphatic heterocycles. The lowest BCUT2D eigenvalue weighted by Gasteiger charge is -2.30. The standard InChI is InChI=1S/C23H20F3N3O4S/c1-2-3-12-29-18-11-10-17(27-22(30)15-6-8-16(9-7-15)23(24,25)26)14-20(18)34(31,32)28-21(29)19-5-4-13-33-19/h4-11,13-14H,2-3,12H2,1H3,(H,27,30). The zero-order valence-electron chi connectivity index (χ0n) is 18.0. The van der Waals surface area contributed by atoms with Gasteiger partial charge in [-0.1, -0.05) is 13.3 Å². The Balaban J connectivity index is 1.65. The molecule has 7 nitrogen and oxygen atoms in total. The molecule has 0 spiro atoms. The molecule has 1 amide bonds. The fourth-order valence-corrected chi connectivity index (χ4v) is 4.72. The maximum atomic E-state index is 13.0. The van der Waals surface area contributed by atoms with Crippen LogP contribution in [0.5, 0.6) is 0 Å². The summed E-state index contributed by atoms with van der Waals surface area (Å²) in [5.41, 5.74) is -0.320. The minimum atomic E-state index is -4.51. The number of halogens is 3. The monoisotopic (exact) mass is 491 g/mol. The van der Waals surface area contributed by atoms with Crippen molar-refractivity contribution < 1.29 is 30.8 Å². The Labute approximate surface area is 194 Å². The van der Waals surface area contributed by atoms with Crippen LogP contribution in [0, 0.1) is 0 Å². The molecule has 0 atom stereocenters. The van der Waals surface area contributed by atoms with Gasteiger partial charge in [-0.15, -0.1) is 4.40 Å². The summed E-state index contributed by atoms with van der Waals surface area (Å²) in [5, 5.41) is 2.53. The van der Waals surface area contributed by atoms with Crippen LogP contribution in [0.15, 0.2) is 74.6 Å². The predicted octanol–water partition coefficient (Wildman–Crippen LogP) is 5.31. The lowest BCUT2D eigenvalue weighted by molar-refractivity contribution is -0.137. The van der Waals surface area contributed by atoms with Crippen LogP contribution in [-0.4, -0.2) is 26.7 Å². The Hall–Kier alpha value is -3.60. The van der Waals surface area contributed by atoms with Gasteiger partial charge in [0.1, 0.15) is 4.90 Å². The second-order valence-corrected chi connectivity index (χ2v) is 9.16. The molecule has 2 aromatic carbocycles. The van der Waals surface area contributed by atoms with E-state index in [-0.39, 0.29) is 22.0 Å².